The zero-order valence-electron chi connectivity index (χ0n) is 21.1. The molecule has 2 aromatic carbocycles. The van der Waals surface area contributed by atoms with Crippen molar-refractivity contribution in [3.8, 4) is 16.9 Å². The molecule has 0 amide bonds. The van der Waals surface area contributed by atoms with Crippen LogP contribution in [-0.2, 0) is 6.54 Å². The van der Waals surface area contributed by atoms with Crippen molar-refractivity contribution in [2.75, 3.05) is 13.7 Å². The third kappa shape index (κ3) is 4.25. The topological polar surface area (TPSA) is 61.1 Å². The average Bonchev–Trinajstić information content (AvgIpc) is 3.37. The lowest BCUT2D eigenvalue weighted by atomic mass is 9.59. The predicted octanol–water partition coefficient (Wildman–Crippen LogP) is 6.59. The number of alkyl halides is 2. The summed E-state index contributed by atoms with van der Waals surface area (Å²) in [6, 6.07) is 15.8. The molecule has 4 aromatic rings. The molecule has 1 aliphatic heterocycles. The first-order valence-electron chi connectivity index (χ1n) is 12.8. The number of rotatable bonds is 5. The number of likely N-dealkylation sites (tertiary alicyclic amines) is 1. The van der Waals surface area contributed by atoms with Crippen molar-refractivity contribution in [1.82, 2.24) is 14.9 Å². The summed E-state index contributed by atoms with van der Waals surface area (Å²) in [7, 11) is 1.69. The Hall–Kier alpha value is -3.45. The van der Waals surface area contributed by atoms with Crippen molar-refractivity contribution < 1.29 is 13.5 Å². The van der Waals surface area contributed by atoms with Gasteiger partial charge in [0.25, 0.3) is 5.56 Å². The molecule has 3 heterocycles. The summed E-state index contributed by atoms with van der Waals surface area (Å²) in [5, 5.41) is 1.13. The highest BCUT2D eigenvalue weighted by atomic mass is 19.3. The Kier molecular flexibility index (Phi) is 5.71. The van der Waals surface area contributed by atoms with E-state index in [1.165, 1.54) is 0 Å². The number of H-pyrrole nitrogens is 2. The van der Waals surface area contributed by atoms with E-state index in [1.807, 2.05) is 36.5 Å². The molecule has 37 heavy (non-hydrogen) atoms. The highest BCUT2D eigenvalue weighted by Gasteiger charge is 2.58. The minimum atomic E-state index is -2.55. The van der Waals surface area contributed by atoms with Crippen LogP contribution in [-0.4, -0.2) is 34.4 Å². The standard InChI is InChI=1S/C30H31F2N3O2/c1-19-14-26(37-2)24(23-9-12-33-27(19)23)16-35-13-10-29(17-30(31,32)18-29)15-25(35)21-7-5-20(6-8-21)22-4-3-11-34-28(22)36/h3-9,11-12,14,25,33H,10,13,15-18H2,1-2H3,(H,34,36)/t25-/m1/s1. The van der Waals surface area contributed by atoms with Crippen LogP contribution in [0.3, 0.4) is 0 Å². The summed E-state index contributed by atoms with van der Waals surface area (Å²) in [5.74, 6) is -1.71. The second-order valence-corrected chi connectivity index (χ2v) is 10.8. The summed E-state index contributed by atoms with van der Waals surface area (Å²) in [5.41, 5.74) is 5.41. The smallest absolute Gasteiger partial charge is 0.255 e. The molecule has 192 valence electrons. The van der Waals surface area contributed by atoms with Crippen molar-refractivity contribution >= 4 is 10.9 Å². The summed E-state index contributed by atoms with van der Waals surface area (Å²) >= 11 is 0. The molecule has 5 nitrogen and oxygen atoms in total. The average molecular weight is 504 g/mol. The van der Waals surface area contributed by atoms with Gasteiger partial charge in [-0.05, 0) is 72.7 Å². The van der Waals surface area contributed by atoms with Gasteiger partial charge in [-0.1, -0.05) is 24.3 Å². The van der Waals surface area contributed by atoms with Gasteiger partial charge in [-0.3, -0.25) is 9.69 Å². The maximum absolute atomic E-state index is 14.0. The van der Waals surface area contributed by atoms with Gasteiger partial charge >= 0.3 is 0 Å². The number of aromatic nitrogens is 2. The van der Waals surface area contributed by atoms with Crippen LogP contribution in [0.25, 0.3) is 22.0 Å². The van der Waals surface area contributed by atoms with Crippen molar-refractivity contribution in [3.63, 3.8) is 0 Å². The van der Waals surface area contributed by atoms with Crippen LogP contribution in [0, 0.1) is 12.3 Å². The number of halogens is 2. The number of aromatic amines is 2. The van der Waals surface area contributed by atoms with Crippen molar-refractivity contribution in [1.29, 1.82) is 0 Å². The molecule has 1 atom stereocenters. The number of fused-ring (bicyclic) bond motifs is 1. The maximum atomic E-state index is 14.0. The van der Waals surface area contributed by atoms with E-state index in [2.05, 4.69) is 33.9 Å². The van der Waals surface area contributed by atoms with Crippen LogP contribution in [0.2, 0.25) is 0 Å². The largest absolute Gasteiger partial charge is 0.496 e. The number of aryl methyl sites for hydroxylation is 1. The Morgan fingerprint density at radius 3 is 2.57 bits per heavy atom. The van der Waals surface area contributed by atoms with Crippen molar-refractivity contribution in [2.45, 2.75) is 51.1 Å². The summed E-state index contributed by atoms with van der Waals surface area (Å²) in [4.78, 5) is 20.7. The first kappa shape index (κ1) is 23.9. The van der Waals surface area contributed by atoms with E-state index >= 15 is 0 Å². The lowest BCUT2D eigenvalue weighted by molar-refractivity contribution is -0.186. The predicted molar refractivity (Wildman–Crippen MR) is 141 cm³/mol. The van der Waals surface area contributed by atoms with Gasteiger partial charge in [-0.25, -0.2) is 8.78 Å². The minimum absolute atomic E-state index is 0.00652. The number of pyridine rings is 1. The molecule has 1 aliphatic carbocycles. The van der Waals surface area contributed by atoms with Crippen molar-refractivity contribution in [2.24, 2.45) is 5.41 Å². The molecule has 0 bridgehead atoms. The highest BCUT2D eigenvalue weighted by molar-refractivity contribution is 5.88. The van der Waals surface area contributed by atoms with E-state index < -0.39 is 5.92 Å². The first-order chi connectivity index (χ1) is 17.8. The van der Waals surface area contributed by atoms with Crippen LogP contribution in [0.1, 0.15) is 48.4 Å². The molecular weight excluding hydrogens is 472 g/mol. The van der Waals surface area contributed by atoms with E-state index in [4.69, 9.17) is 4.74 Å². The molecule has 0 unspecified atom stereocenters. The number of nitrogens with zero attached hydrogens (tertiary/aromatic N) is 1. The van der Waals surface area contributed by atoms with E-state index in [0.717, 1.165) is 51.9 Å². The third-order valence-corrected chi connectivity index (χ3v) is 8.38. The molecule has 7 heteroatoms. The highest BCUT2D eigenvalue weighted by Crippen LogP contribution is 2.60. The number of hydrogen-bond acceptors (Lipinski definition) is 3. The quantitative estimate of drug-likeness (QED) is 0.323. The van der Waals surface area contributed by atoms with Crippen molar-refractivity contribution in [3.05, 3.63) is 88.0 Å². The molecular formula is C30H31F2N3O2. The zero-order valence-corrected chi connectivity index (χ0v) is 21.1. The molecule has 2 fully saturated rings. The number of nitrogens with one attached hydrogen (secondary N) is 2. The minimum Gasteiger partial charge on any atom is -0.496 e. The molecule has 1 saturated heterocycles. The van der Waals surface area contributed by atoms with E-state index in [1.54, 1.807) is 19.4 Å². The molecule has 1 spiro atoms. The monoisotopic (exact) mass is 503 g/mol. The molecule has 0 radical (unpaired) electrons. The lowest BCUT2D eigenvalue weighted by Gasteiger charge is -2.54. The van der Waals surface area contributed by atoms with Crippen LogP contribution in [0.15, 0.2) is 65.7 Å². The van der Waals surface area contributed by atoms with Gasteiger partial charge in [0.2, 0.25) is 5.92 Å². The molecule has 2 aliphatic rings. The van der Waals surface area contributed by atoms with Gasteiger partial charge in [-0.15, -0.1) is 0 Å². The number of piperidine rings is 1. The van der Waals surface area contributed by atoms with E-state index in [-0.39, 0.29) is 29.9 Å². The molecule has 2 aromatic heterocycles. The Labute approximate surface area is 214 Å². The number of benzene rings is 2. The normalized spacial score (nSPS) is 20.7. The SMILES string of the molecule is COc1cc(C)c2[nH]ccc2c1CN1CCC2(C[C@@H]1c1ccc(-c3ccc[nH]c3=O)cc1)CC(F)(F)C2. The van der Waals surface area contributed by atoms with E-state index in [9.17, 15) is 13.6 Å². The number of ether oxygens (including phenoxy) is 1. The Morgan fingerprint density at radius 2 is 1.86 bits per heavy atom. The second-order valence-electron chi connectivity index (χ2n) is 10.8. The third-order valence-electron chi connectivity index (χ3n) is 8.38. The molecule has 6 rings (SSSR count). The fraction of sp³-hybridized carbons (Fsp3) is 0.367. The van der Waals surface area contributed by atoms with Crippen LogP contribution in [0.5, 0.6) is 5.75 Å². The number of methoxy groups -OCH3 is 1. The summed E-state index contributed by atoms with van der Waals surface area (Å²) in [6.45, 7) is 3.47. The molecule has 1 saturated carbocycles. The number of hydrogen-bond donors (Lipinski definition) is 2. The Morgan fingerprint density at radius 1 is 1.08 bits per heavy atom. The Bertz CT molecular complexity index is 1500. The summed E-state index contributed by atoms with van der Waals surface area (Å²) < 4.78 is 33.8. The van der Waals surface area contributed by atoms with Crippen LogP contribution in [0.4, 0.5) is 8.78 Å². The first-order valence-corrected chi connectivity index (χ1v) is 12.8. The second kappa shape index (κ2) is 8.84. The Balaban J connectivity index is 1.36. The summed E-state index contributed by atoms with van der Waals surface area (Å²) in [6.07, 6.45) is 4.97. The molecule has 2 N–H and O–H groups in total. The fourth-order valence-corrected chi connectivity index (χ4v) is 6.58. The van der Waals surface area contributed by atoms with Gasteiger partial charge in [0.05, 0.1) is 7.11 Å². The fourth-order valence-electron chi connectivity index (χ4n) is 6.58. The van der Waals surface area contributed by atoms with Gasteiger partial charge in [0.15, 0.2) is 0 Å². The lowest BCUT2D eigenvalue weighted by Crippen LogP contribution is -2.53. The van der Waals surface area contributed by atoms with Gasteiger partial charge in [0.1, 0.15) is 5.75 Å². The van der Waals surface area contributed by atoms with Gasteiger partial charge in [0, 0.05) is 59.9 Å². The maximum Gasteiger partial charge on any atom is 0.255 e. The van der Waals surface area contributed by atoms with Crippen LogP contribution >= 0.6 is 0 Å². The van der Waals surface area contributed by atoms with Gasteiger partial charge < -0.3 is 14.7 Å². The van der Waals surface area contributed by atoms with Gasteiger partial charge in [-0.2, -0.15) is 0 Å². The van der Waals surface area contributed by atoms with Crippen LogP contribution < -0.4 is 10.3 Å². The zero-order chi connectivity index (χ0) is 25.8. The van der Waals surface area contributed by atoms with E-state index in [0.29, 0.717) is 18.5 Å².